The van der Waals surface area contributed by atoms with Crippen LogP contribution in [0.1, 0.15) is 5.56 Å². The lowest BCUT2D eigenvalue weighted by atomic mass is 10.2. The van der Waals surface area contributed by atoms with Crippen LogP contribution in [-0.2, 0) is 16.1 Å². The topological polar surface area (TPSA) is 69.6 Å². The van der Waals surface area contributed by atoms with Crippen LogP contribution in [0.5, 0.6) is 5.75 Å². The number of phenols is 1. The molecule has 2 N–H and O–H groups in total. The molecule has 0 saturated carbocycles. The minimum absolute atomic E-state index is 0.0664. The van der Waals surface area contributed by atoms with Crippen LogP contribution in [0.25, 0.3) is 0 Å². The van der Waals surface area contributed by atoms with Gasteiger partial charge >= 0.3 is 0 Å². The Morgan fingerprint density at radius 2 is 1.94 bits per heavy atom. The first kappa shape index (κ1) is 10.5. The molecule has 5 nitrogen and oxygen atoms in total. The van der Waals surface area contributed by atoms with E-state index in [4.69, 9.17) is 5.11 Å². The van der Waals surface area contributed by atoms with Gasteiger partial charge in [-0.15, -0.1) is 0 Å². The maximum Gasteiger partial charge on any atom is 0.242 e. The average molecular weight is 220 g/mol. The number of amides is 2. The van der Waals surface area contributed by atoms with E-state index in [-0.39, 0.29) is 30.7 Å². The number of phenolic OH excluding ortho intramolecular Hbond substituents is 1. The van der Waals surface area contributed by atoms with Crippen molar-refractivity contribution in [1.82, 2.24) is 10.2 Å². The van der Waals surface area contributed by atoms with Gasteiger partial charge in [-0.1, -0.05) is 12.1 Å². The number of nitrogens with zero attached hydrogens (tertiary/aromatic N) is 1. The van der Waals surface area contributed by atoms with E-state index in [9.17, 15) is 9.59 Å². The predicted octanol–water partition coefficient (Wildman–Crippen LogP) is -0.149. The van der Waals surface area contributed by atoms with Gasteiger partial charge in [-0.2, -0.15) is 0 Å². The molecular formula is C11H12N2O3. The van der Waals surface area contributed by atoms with Gasteiger partial charge in [0.05, 0.1) is 13.1 Å². The van der Waals surface area contributed by atoms with Crippen molar-refractivity contribution in [2.45, 2.75) is 6.54 Å². The van der Waals surface area contributed by atoms with Gasteiger partial charge in [0, 0.05) is 6.54 Å². The Kier molecular flexibility index (Phi) is 2.76. The second kappa shape index (κ2) is 4.22. The molecule has 0 aliphatic carbocycles. The number of nitrogens with one attached hydrogen (secondary N) is 1. The fourth-order valence-corrected chi connectivity index (χ4v) is 1.57. The lowest BCUT2D eigenvalue weighted by Crippen LogP contribution is -2.50. The van der Waals surface area contributed by atoms with Crippen molar-refractivity contribution in [1.29, 1.82) is 0 Å². The summed E-state index contributed by atoms with van der Waals surface area (Å²) in [6.07, 6.45) is 0. The first-order valence-corrected chi connectivity index (χ1v) is 4.97. The first-order valence-electron chi connectivity index (χ1n) is 4.97. The molecule has 84 valence electrons. The molecule has 1 aromatic rings. The molecule has 2 amide bonds. The molecule has 1 aromatic carbocycles. The number of carbonyl (C=O) groups excluding carboxylic acids is 2. The highest BCUT2D eigenvalue weighted by atomic mass is 16.3. The third kappa shape index (κ3) is 2.31. The molecule has 1 saturated heterocycles. The summed E-state index contributed by atoms with van der Waals surface area (Å²) in [7, 11) is 0. The molecular weight excluding hydrogens is 208 g/mol. The summed E-state index contributed by atoms with van der Waals surface area (Å²) in [5, 5.41) is 11.6. The van der Waals surface area contributed by atoms with Gasteiger partial charge in [0.1, 0.15) is 5.75 Å². The summed E-state index contributed by atoms with van der Waals surface area (Å²) < 4.78 is 0. The van der Waals surface area contributed by atoms with Crippen LogP contribution in [0, 0.1) is 0 Å². The largest absolute Gasteiger partial charge is 0.508 e. The molecule has 1 aliphatic rings. The molecule has 2 rings (SSSR count). The quantitative estimate of drug-likeness (QED) is 0.728. The van der Waals surface area contributed by atoms with E-state index in [1.54, 1.807) is 24.3 Å². The second-order valence-electron chi connectivity index (χ2n) is 3.69. The maximum atomic E-state index is 11.5. The Hall–Kier alpha value is -2.04. The molecule has 0 unspecified atom stereocenters. The Bertz CT molecular complexity index is 414. The van der Waals surface area contributed by atoms with Crippen molar-refractivity contribution < 1.29 is 14.7 Å². The Morgan fingerprint density at radius 3 is 2.62 bits per heavy atom. The van der Waals surface area contributed by atoms with Gasteiger partial charge in [0.2, 0.25) is 11.8 Å². The Morgan fingerprint density at radius 1 is 1.25 bits per heavy atom. The number of rotatable bonds is 2. The highest BCUT2D eigenvalue weighted by Gasteiger charge is 2.22. The van der Waals surface area contributed by atoms with Crippen LogP contribution >= 0.6 is 0 Å². The summed E-state index contributed by atoms with van der Waals surface area (Å²) in [6, 6.07) is 6.58. The highest BCUT2D eigenvalue weighted by Crippen LogP contribution is 2.12. The zero-order valence-electron chi connectivity index (χ0n) is 8.64. The second-order valence-corrected chi connectivity index (χ2v) is 3.69. The SMILES string of the molecule is O=C1CN(Cc2ccc(O)cc2)C(=O)CN1. The summed E-state index contributed by atoms with van der Waals surface area (Å²) in [5.74, 6) is -0.0440. The zero-order valence-corrected chi connectivity index (χ0v) is 8.64. The Labute approximate surface area is 92.7 Å². The number of hydrogen-bond acceptors (Lipinski definition) is 3. The fourth-order valence-electron chi connectivity index (χ4n) is 1.57. The van der Waals surface area contributed by atoms with Gasteiger partial charge in [0.25, 0.3) is 0 Å². The molecule has 0 radical (unpaired) electrons. The Balaban J connectivity index is 2.05. The molecule has 16 heavy (non-hydrogen) atoms. The van der Waals surface area contributed by atoms with Crippen LogP contribution in [0.4, 0.5) is 0 Å². The van der Waals surface area contributed by atoms with Crippen LogP contribution in [-0.4, -0.2) is 34.9 Å². The standard InChI is InChI=1S/C11H12N2O3/c14-9-3-1-8(2-4-9)6-13-7-10(15)12-5-11(13)16/h1-4,14H,5-7H2,(H,12,15). The number of hydrogen-bond donors (Lipinski definition) is 2. The van der Waals surface area contributed by atoms with E-state index in [1.165, 1.54) is 4.90 Å². The van der Waals surface area contributed by atoms with Crippen molar-refractivity contribution in [2.75, 3.05) is 13.1 Å². The number of carbonyl (C=O) groups is 2. The zero-order chi connectivity index (χ0) is 11.5. The van der Waals surface area contributed by atoms with Crippen molar-refractivity contribution in [3.63, 3.8) is 0 Å². The average Bonchev–Trinajstić information content (AvgIpc) is 2.27. The molecule has 0 spiro atoms. The van der Waals surface area contributed by atoms with Gasteiger partial charge in [-0.3, -0.25) is 9.59 Å². The molecule has 0 bridgehead atoms. The molecule has 0 aromatic heterocycles. The fraction of sp³-hybridized carbons (Fsp3) is 0.273. The smallest absolute Gasteiger partial charge is 0.242 e. The third-order valence-electron chi connectivity index (χ3n) is 2.43. The van der Waals surface area contributed by atoms with E-state index in [0.29, 0.717) is 6.54 Å². The number of benzene rings is 1. The summed E-state index contributed by atoms with van der Waals surface area (Å²) in [4.78, 5) is 24.1. The summed E-state index contributed by atoms with van der Waals surface area (Å²) in [5.41, 5.74) is 0.890. The van der Waals surface area contributed by atoms with E-state index in [0.717, 1.165) is 5.56 Å². The van der Waals surface area contributed by atoms with Crippen LogP contribution in [0.3, 0.4) is 0 Å². The van der Waals surface area contributed by atoms with Gasteiger partial charge in [-0.05, 0) is 17.7 Å². The van der Waals surface area contributed by atoms with E-state index < -0.39 is 0 Å². The molecule has 1 fully saturated rings. The molecule has 5 heteroatoms. The molecule has 1 heterocycles. The van der Waals surface area contributed by atoms with Crippen molar-refractivity contribution in [2.24, 2.45) is 0 Å². The minimum Gasteiger partial charge on any atom is -0.508 e. The third-order valence-corrected chi connectivity index (χ3v) is 2.43. The molecule has 1 aliphatic heterocycles. The lowest BCUT2D eigenvalue weighted by Gasteiger charge is -2.26. The number of aromatic hydroxyl groups is 1. The van der Waals surface area contributed by atoms with E-state index >= 15 is 0 Å². The minimum atomic E-state index is -0.140. The van der Waals surface area contributed by atoms with E-state index in [2.05, 4.69) is 5.32 Å². The van der Waals surface area contributed by atoms with E-state index in [1.807, 2.05) is 0 Å². The predicted molar refractivity (Wildman–Crippen MR) is 56.5 cm³/mol. The number of piperazine rings is 1. The van der Waals surface area contributed by atoms with Gasteiger partial charge in [0.15, 0.2) is 0 Å². The van der Waals surface area contributed by atoms with Gasteiger partial charge < -0.3 is 15.3 Å². The van der Waals surface area contributed by atoms with Crippen LogP contribution < -0.4 is 5.32 Å². The monoisotopic (exact) mass is 220 g/mol. The first-order chi connectivity index (χ1) is 7.65. The van der Waals surface area contributed by atoms with Crippen molar-refractivity contribution in [3.8, 4) is 5.75 Å². The lowest BCUT2D eigenvalue weighted by molar-refractivity contribution is -0.141. The molecule has 0 atom stereocenters. The summed E-state index contributed by atoms with van der Waals surface area (Å²) >= 11 is 0. The maximum absolute atomic E-state index is 11.5. The summed E-state index contributed by atoms with van der Waals surface area (Å²) in [6.45, 7) is 0.559. The van der Waals surface area contributed by atoms with Crippen molar-refractivity contribution in [3.05, 3.63) is 29.8 Å². The van der Waals surface area contributed by atoms with Crippen LogP contribution in [0.15, 0.2) is 24.3 Å². The van der Waals surface area contributed by atoms with Crippen molar-refractivity contribution >= 4 is 11.8 Å². The highest BCUT2D eigenvalue weighted by molar-refractivity contribution is 5.92. The van der Waals surface area contributed by atoms with Crippen LogP contribution in [0.2, 0.25) is 0 Å². The normalized spacial score (nSPS) is 16.1. The van der Waals surface area contributed by atoms with Gasteiger partial charge in [-0.25, -0.2) is 0 Å².